The van der Waals surface area contributed by atoms with Crippen molar-refractivity contribution in [1.29, 1.82) is 0 Å². The van der Waals surface area contributed by atoms with Crippen molar-refractivity contribution < 1.29 is 28.3 Å². The molecule has 0 amide bonds. The molecular weight excluding hydrogens is 440 g/mol. The van der Waals surface area contributed by atoms with Gasteiger partial charge in [-0.15, -0.1) is 0 Å². The minimum atomic E-state index is -5.19. The maximum absolute atomic E-state index is 11.3. The van der Waals surface area contributed by atoms with Gasteiger partial charge in [0.05, 0.1) is 0 Å². The van der Waals surface area contributed by atoms with Crippen molar-refractivity contribution in [2.24, 2.45) is 52.3 Å². The van der Waals surface area contributed by atoms with Crippen LogP contribution >= 0.6 is 0 Å². The summed E-state index contributed by atoms with van der Waals surface area (Å²) in [4.78, 5) is 0. The predicted molar refractivity (Wildman–Crippen MR) is 128 cm³/mol. The van der Waals surface area contributed by atoms with Crippen LogP contribution in [0.15, 0.2) is 0 Å². The van der Waals surface area contributed by atoms with Gasteiger partial charge in [-0.2, -0.15) is 8.42 Å². The Labute approximate surface area is 200 Å². The van der Waals surface area contributed by atoms with Crippen molar-refractivity contribution in [3.05, 3.63) is 0 Å². The van der Waals surface area contributed by atoms with Gasteiger partial charge in [-0.05, 0) is 104 Å². The number of hydrogen-bond donors (Lipinski definition) is 4. The van der Waals surface area contributed by atoms with Crippen LogP contribution in [-0.4, -0.2) is 39.5 Å². The second kappa shape index (κ2) is 8.72. The Morgan fingerprint density at radius 1 is 0.970 bits per heavy atom. The van der Waals surface area contributed by atoms with Crippen LogP contribution in [0.2, 0.25) is 0 Å². The Bertz CT molecular complexity index is 827. The highest BCUT2D eigenvalue weighted by Gasteiger charge is 2.62. The van der Waals surface area contributed by atoms with E-state index >= 15 is 0 Å². The lowest BCUT2D eigenvalue weighted by atomic mass is 9.42. The van der Waals surface area contributed by atoms with Crippen molar-refractivity contribution >= 4 is 10.1 Å². The van der Waals surface area contributed by atoms with Gasteiger partial charge in [-0.3, -0.25) is 4.55 Å². The molecule has 0 aromatic carbocycles. The smallest absolute Gasteiger partial charge is 0.324 e. The fraction of sp³-hybridized carbons (Fsp3) is 1.00. The van der Waals surface area contributed by atoms with E-state index in [4.69, 9.17) is 4.55 Å². The lowest BCUT2D eigenvalue weighted by Gasteiger charge is -2.63. The molecule has 0 radical (unpaired) electrons. The molecule has 33 heavy (non-hydrogen) atoms. The molecule has 192 valence electrons. The van der Waals surface area contributed by atoms with Gasteiger partial charge in [0.2, 0.25) is 0 Å². The lowest BCUT2D eigenvalue weighted by Crippen LogP contribution is -2.55. The molecule has 4 aliphatic carbocycles. The summed E-state index contributed by atoms with van der Waals surface area (Å²) in [6.07, 6.45) is 10.7. The molecule has 4 N–H and O–H groups in total. The van der Waals surface area contributed by atoms with Crippen LogP contribution in [0.3, 0.4) is 0 Å². The van der Waals surface area contributed by atoms with Gasteiger partial charge < -0.3 is 15.3 Å². The van der Waals surface area contributed by atoms with Gasteiger partial charge in [0.15, 0.2) is 0 Å². The van der Waals surface area contributed by atoms with E-state index in [1.54, 1.807) is 0 Å². The first-order chi connectivity index (χ1) is 15.3. The van der Waals surface area contributed by atoms with Gasteiger partial charge in [0.25, 0.3) is 0 Å². The molecular formula is C26H46O6S. The quantitative estimate of drug-likeness (QED) is 0.323. The summed E-state index contributed by atoms with van der Waals surface area (Å²) < 4.78 is 31.8. The van der Waals surface area contributed by atoms with E-state index < -0.39 is 21.3 Å². The third-order valence-corrected chi connectivity index (χ3v) is 12.5. The summed E-state index contributed by atoms with van der Waals surface area (Å²) in [7, 11) is -5.19. The fourth-order valence-electron chi connectivity index (χ4n) is 9.84. The molecule has 4 rings (SSSR count). The SMILES string of the molecule is CC[C@H]1C[C@@H]2[C@H](CC[C@]3(C)[C@@H]([C@H](C)CC(O)C(O)(O)S(=O)(=O)O)CC[C@@H]23)[C@@]2(C)CCCC[C@@H]12. The van der Waals surface area contributed by atoms with Crippen molar-refractivity contribution in [2.75, 3.05) is 0 Å². The minimum absolute atomic E-state index is 0.0642. The van der Waals surface area contributed by atoms with E-state index in [1.807, 2.05) is 6.92 Å². The Balaban J connectivity index is 1.54. The Morgan fingerprint density at radius 2 is 1.64 bits per heavy atom. The topological polar surface area (TPSA) is 115 Å². The molecule has 0 saturated heterocycles. The Hall–Kier alpha value is -0.210. The van der Waals surface area contributed by atoms with E-state index in [0.717, 1.165) is 36.5 Å². The Morgan fingerprint density at radius 3 is 2.27 bits per heavy atom. The maximum atomic E-state index is 11.3. The lowest BCUT2D eigenvalue weighted by molar-refractivity contribution is -0.173. The van der Waals surface area contributed by atoms with E-state index in [1.165, 1.54) is 51.4 Å². The van der Waals surface area contributed by atoms with Crippen LogP contribution in [0.25, 0.3) is 0 Å². The average molecular weight is 487 g/mol. The van der Waals surface area contributed by atoms with E-state index in [0.29, 0.717) is 17.3 Å². The van der Waals surface area contributed by atoms with Gasteiger partial charge in [-0.25, -0.2) is 0 Å². The highest BCUT2D eigenvalue weighted by molar-refractivity contribution is 7.86. The standard InChI is InChI=1S/C26H46O6S/c1-5-17-15-18-21-10-9-19(16(2)14-23(27)26(28,29)33(30,31)32)25(21,4)13-11-22(18)24(3)12-7-6-8-20(17)24/h16-23,27-29H,5-15H2,1-4H3,(H,30,31,32)/t16-,17+,18+,19-,20+,21+,22+,23?,24+,25-/m1/s1. The summed E-state index contributed by atoms with van der Waals surface area (Å²) in [5.74, 6) is 4.09. The molecule has 4 fully saturated rings. The largest absolute Gasteiger partial charge is 0.386 e. The van der Waals surface area contributed by atoms with Crippen LogP contribution in [0, 0.1) is 52.3 Å². The normalized spacial score (nSPS) is 45.6. The zero-order valence-corrected chi connectivity index (χ0v) is 21.7. The summed E-state index contributed by atoms with van der Waals surface area (Å²) >= 11 is 0. The van der Waals surface area contributed by atoms with Crippen LogP contribution in [-0.2, 0) is 10.1 Å². The second-order valence-electron chi connectivity index (χ2n) is 12.7. The number of aliphatic hydroxyl groups excluding tert-OH is 1. The molecule has 0 aromatic rings. The molecule has 7 heteroatoms. The number of fused-ring (bicyclic) bond motifs is 5. The molecule has 10 atom stereocenters. The van der Waals surface area contributed by atoms with Gasteiger partial charge >= 0.3 is 15.2 Å². The first-order valence-corrected chi connectivity index (χ1v) is 14.8. The first-order valence-electron chi connectivity index (χ1n) is 13.4. The van der Waals surface area contributed by atoms with Crippen LogP contribution < -0.4 is 0 Å². The first kappa shape index (κ1) is 25.9. The molecule has 4 saturated carbocycles. The number of hydrogen-bond acceptors (Lipinski definition) is 5. The molecule has 4 aliphatic rings. The zero-order valence-electron chi connectivity index (χ0n) is 20.9. The summed E-state index contributed by atoms with van der Waals surface area (Å²) in [5, 5.41) is 26.4. The summed E-state index contributed by atoms with van der Waals surface area (Å²) in [6.45, 7) is 9.36. The molecule has 0 aromatic heterocycles. The van der Waals surface area contributed by atoms with Gasteiger partial charge in [0.1, 0.15) is 6.10 Å². The predicted octanol–water partition coefficient (Wildman–Crippen LogP) is 4.58. The third kappa shape index (κ3) is 4.02. The van der Waals surface area contributed by atoms with Crippen LogP contribution in [0.5, 0.6) is 0 Å². The average Bonchev–Trinajstić information content (AvgIpc) is 3.09. The molecule has 1 unspecified atom stereocenters. The molecule has 6 nitrogen and oxygen atoms in total. The van der Waals surface area contributed by atoms with E-state index in [9.17, 15) is 23.7 Å². The highest BCUT2D eigenvalue weighted by atomic mass is 32.2. The zero-order chi connectivity index (χ0) is 24.4. The van der Waals surface area contributed by atoms with E-state index in [-0.39, 0.29) is 17.8 Å². The van der Waals surface area contributed by atoms with Crippen molar-refractivity contribution in [2.45, 2.75) is 110 Å². The summed E-state index contributed by atoms with van der Waals surface area (Å²) in [6, 6.07) is 0. The maximum Gasteiger partial charge on any atom is 0.324 e. The number of aliphatic hydroxyl groups is 3. The second-order valence-corrected chi connectivity index (χ2v) is 14.3. The van der Waals surface area contributed by atoms with Crippen LogP contribution in [0.1, 0.15) is 98.3 Å². The van der Waals surface area contributed by atoms with Crippen molar-refractivity contribution in [3.8, 4) is 0 Å². The van der Waals surface area contributed by atoms with Gasteiger partial charge in [-0.1, -0.05) is 47.0 Å². The Kier molecular flexibility index (Phi) is 6.84. The summed E-state index contributed by atoms with van der Waals surface area (Å²) in [5.41, 5.74) is 0.591. The number of rotatable bonds is 6. The van der Waals surface area contributed by atoms with E-state index in [2.05, 4.69) is 20.8 Å². The minimum Gasteiger partial charge on any atom is -0.386 e. The van der Waals surface area contributed by atoms with Crippen LogP contribution in [0.4, 0.5) is 0 Å². The molecule has 0 spiro atoms. The molecule has 0 bridgehead atoms. The highest BCUT2D eigenvalue weighted by Crippen LogP contribution is 2.69. The monoisotopic (exact) mass is 486 g/mol. The van der Waals surface area contributed by atoms with Crippen molar-refractivity contribution in [1.82, 2.24) is 0 Å². The molecule has 0 aliphatic heterocycles. The van der Waals surface area contributed by atoms with Gasteiger partial charge in [0, 0.05) is 0 Å². The fourth-order valence-corrected chi connectivity index (χ4v) is 10.3. The molecule has 0 heterocycles. The van der Waals surface area contributed by atoms with Crippen molar-refractivity contribution in [3.63, 3.8) is 0 Å². The third-order valence-electron chi connectivity index (χ3n) is 11.4.